The molecule has 8 nitrogen and oxygen atoms in total. The minimum Gasteiger partial charge on any atom is -0.464 e. The SMILES string of the molecule is CC[C@H](Cn1ccc2cnc(Nc3cnn(C4CCOC4=O)c3)nc21)C(C)C. The Hall–Kier alpha value is -2.90. The third-order valence-electron chi connectivity index (χ3n) is 5.49. The molecule has 1 fully saturated rings. The molecule has 4 rings (SSSR count). The molecule has 1 aliphatic rings. The van der Waals surface area contributed by atoms with E-state index in [9.17, 15) is 4.79 Å². The van der Waals surface area contributed by atoms with Gasteiger partial charge in [0, 0.05) is 36.9 Å². The first-order valence-corrected chi connectivity index (χ1v) is 9.85. The van der Waals surface area contributed by atoms with Crippen LogP contribution in [0.15, 0.2) is 30.9 Å². The van der Waals surface area contributed by atoms with Crippen LogP contribution in [0.1, 0.15) is 39.7 Å². The summed E-state index contributed by atoms with van der Waals surface area (Å²) in [7, 11) is 0. The molecule has 0 spiro atoms. The second-order valence-corrected chi connectivity index (χ2v) is 7.66. The number of ether oxygens (including phenoxy) is 1. The minimum absolute atomic E-state index is 0.235. The molecule has 1 saturated heterocycles. The van der Waals surface area contributed by atoms with Gasteiger partial charge >= 0.3 is 5.97 Å². The van der Waals surface area contributed by atoms with Crippen molar-refractivity contribution in [2.24, 2.45) is 11.8 Å². The summed E-state index contributed by atoms with van der Waals surface area (Å²) in [5.74, 6) is 1.50. The maximum atomic E-state index is 11.7. The summed E-state index contributed by atoms with van der Waals surface area (Å²) in [6.07, 6.45) is 9.15. The molecule has 0 aliphatic carbocycles. The number of carbonyl (C=O) groups excluding carboxylic acids is 1. The molecule has 1 N–H and O–H groups in total. The minimum atomic E-state index is -0.349. The molecule has 0 amide bonds. The zero-order chi connectivity index (χ0) is 19.7. The van der Waals surface area contributed by atoms with Gasteiger partial charge in [-0.15, -0.1) is 0 Å². The lowest BCUT2D eigenvalue weighted by atomic mass is 9.93. The number of nitrogens with one attached hydrogen (secondary N) is 1. The van der Waals surface area contributed by atoms with Crippen LogP contribution >= 0.6 is 0 Å². The predicted octanol–water partition coefficient (Wildman–Crippen LogP) is 3.54. The molecule has 0 saturated carbocycles. The van der Waals surface area contributed by atoms with Crippen molar-refractivity contribution < 1.29 is 9.53 Å². The third-order valence-corrected chi connectivity index (χ3v) is 5.49. The van der Waals surface area contributed by atoms with Crippen LogP contribution in [0.25, 0.3) is 11.0 Å². The van der Waals surface area contributed by atoms with E-state index < -0.39 is 0 Å². The standard InChI is InChI=1S/C20H26N6O2/c1-4-14(13(2)3)11-25-7-5-15-9-21-20(24-18(15)25)23-16-10-22-26(12-16)17-6-8-28-19(17)27/h5,7,9-10,12-14,17H,4,6,8,11H2,1-3H3,(H,21,23,24)/t14-,17?/m1/s1. The van der Waals surface area contributed by atoms with Gasteiger partial charge in [0.05, 0.1) is 18.5 Å². The van der Waals surface area contributed by atoms with Gasteiger partial charge in [-0.2, -0.15) is 10.1 Å². The Morgan fingerprint density at radius 3 is 2.93 bits per heavy atom. The van der Waals surface area contributed by atoms with E-state index in [-0.39, 0.29) is 12.0 Å². The Morgan fingerprint density at radius 2 is 2.21 bits per heavy atom. The van der Waals surface area contributed by atoms with E-state index >= 15 is 0 Å². The summed E-state index contributed by atoms with van der Waals surface area (Å²) >= 11 is 0. The molecule has 3 aromatic heterocycles. The van der Waals surface area contributed by atoms with Gasteiger partial charge in [-0.25, -0.2) is 9.78 Å². The Kier molecular flexibility index (Phi) is 5.02. The van der Waals surface area contributed by atoms with Crippen LogP contribution in [0.3, 0.4) is 0 Å². The van der Waals surface area contributed by atoms with Gasteiger partial charge in [-0.3, -0.25) is 4.68 Å². The smallest absolute Gasteiger partial charge is 0.331 e. The fourth-order valence-electron chi connectivity index (χ4n) is 3.67. The second kappa shape index (κ2) is 7.61. The largest absolute Gasteiger partial charge is 0.464 e. The zero-order valence-corrected chi connectivity index (χ0v) is 16.5. The highest BCUT2D eigenvalue weighted by Crippen LogP contribution is 2.24. The number of aromatic nitrogens is 5. The molecule has 148 valence electrons. The second-order valence-electron chi connectivity index (χ2n) is 7.66. The molecule has 1 aliphatic heterocycles. The molecule has 1 unspecified atom stereocenters. The van der Waals surface area contributed by atoms with Crippen molar-refractivity contribution in [2.45, 2.75) is 46.2 Å². The van der Waals surface area contributed by atoms with Crippen molar-refractivity contribution >= 4 is 28.6 Å². The molecule has 28 heavy (non-hydrogen) atoms. The highest BCUT2D eigenvalue weighted by molar-refractivity contribution is 5.77. The van der Waals surface area contributed by atoms with E-state index in [2.05, 4.69) is 53.0 Å². The number of hydrogen-bond acceptors (Lipinski definition) is 6. The Morgan fingerprint density at radius 1 is 1.36 bits per heavy atom. The topological polar surface area (TPSA) is 86.9 Å². The van der Waals surface area contributed by atoms with Gasteiger partial charge in [0.25, 0.3) is 0 Å². The molecule has 2 atom stereocenters. The van der Waals surface area contributed by atoms with Crippen LogP contribution in [0, 0.1) is 11.8 Å². The van der Waals surface area contributed by atoms with Crippen LogP contribution in [0.5, 0.6) is 0 Å². The number of cyclic esters (lactones) is 1. The molecule has 0 bridgehead atoms. The van der Waals surface area contributed by atoms with Crippen LogP contribution in [-0.4, -0.2) is 36.9 Å². The predicted molar refractivity (Wildman–Crippen MR) is 106 cm³/mol. The molecule has 4 heterocycles. The Balaban J connectivity index is 1.54. The summed E-state index contributed by atoms with van der Waals surface area (Å²) in [6.45, 7) is 8.14. The first-order chi connectivity index (χ1) is 13.5. The van der Waals surface area contributed by atoms with Crippen molar-refractivity contribution in [1.29, 1.82) is 0 Å². The van der Waals surface area contributed by atoms with E-state index in [1.165, 1.54) is 0 Å². The van der Waals surface area contributed by atoms with Crippen molar-refractivity contribution in [3.63, 3.8) is 0 Å². The molecular formula is C20H26N6O2. The normalized spacial score (nSPS) is 18.0. The lowest BCUT2D eigenvalue weighted by molar-refractivity contribution is -0.140. The van der Waals surface area contributed by atoms with E-state index in [0.717, 1.165) is 29.7 Å². The van der Waals surface area contributed by atoms with E-state index in [1.807, 2.05) is 6.20 Å². The zero-order valence-electron chi connectivity index (χ0n) is 16.5. The quantitative estimate of drug-likeness (QED) is 0.629. The van der Waals surface area contributed by atoms with Crippen LogP contribution < -0.4 is 5.32 Å². The first kappa shape index (κ1) is 18.5. The van der Waals surface area contributed by atoms with Crippen molar-refractivity contribution in [1.82, 2.24) is 24.3 Å². The van der Waals surface area contributed by atoms with Gasteiger partial charge < -0.3 is 14.6 Å². The fourth-order valence-corrected chi connectivity index (χ4v) is 3.67. The number of fused-ring (bicyclic) bond motifs is 1. The number of hydrogen-bond donors (Lipinski definition) is 1. The first-order valence-electron chi connectivity index (χ1n) is 9.85. The van der Waals surface area contributed by atoms with E-state index in [1.54, 1.807) is 17.1 Å². The summed E-state index contributed by atoms with van der Waals surface area (Å²) in [5, 5.41) is 8.49. The molecule has 0 aromatic carbocycles. The fraction of sp³-hybridized carbons (Fsp3) is 0.500. The molecule has 8 heteroatoms. The molecule has 3 aromatic rings. The van der Waals surface area contributed by atoms with Gasteiger partial charge in [0.15, 0.2) is 6.04 Å². The van der Waals surface area contributed by atoms with E-state index in [0.29, 0.717) is 30.8 Å². The number of nitrogens with zero attached hydrogens (tertiary/aromatic N) is 5. The van der Waals surface area contributed by atoms with Gasteiger partial charge in [0.1, 0.15) is 5.65 Å². The van der Waals surface area contributed by atoms with Gasteiger partial charge in [-0.1, -0.05) is 27.2 Å². The Labute approximate surface area is 163 Å². The van der Waals surface area contributed by atoms with Crippen LogP contribution in [0.4, 0.5) is 11.6 Å². The van der Waals surface area contributed by atoms with Crippen LogP contribution in [0.2, 0.25) is 0 Å². The summed E-state index contributed by atoms with van der Waals surface area (Å²) < 4.78 is 8.84. The lowest BCUT2D eigenvalue weighted by Crippen LogP contribution is -2.15. The average molecular weight is 382 g/mol. The number of anilines is 2. The summed E-state index contributed by atoms with van der Waals surface area (Å²) in [5.41, 5.74) is 1.66. The molecular weight excluding hydrogens is 356 g/mol. The van der Waals surface area contributed by atoms with Crippen molar-refractivity contribution in [2.75, 3.05) is 11.9 Å². The summed E-state index contributed by atoms with van der Waals surface area (Å²) in [6, 6.07) is 1.70. The van der Waals surface area contributed by atoms with Gasteiger partial charge in [-0.05, 0) is 17.9 Å². The lowest BCUT2D eigenvalue weighted by Gasteiger charge is -2.20. The number of esters is 1. The molecule has 0 radical (unpaired) electrons. The average Bonchev–Trinajstić information content (AvgIpc) is 3.39. The van der Waals surface area contributed by atoms with Crippen molar-refractivity contribution in [3.8, 4) is 0 Å². The maximum absolute atomic E-state index is 11.7. The summed E-state index contributed by atoms with van der Waals surface area (Å²) in [4.78, 5) is 20.8. The number of rotatable bonds is 7. The van der Waals surface area contributed by atoms with Gasteiger partial charge in [0.2, 0.25) is 5.95 Å². The van der Waals surface area contributed by atoms with Crippen LogP contribution in [-0.2, 0) is 16.1 Å². The van der Waals surface area contributed by atoms with Crippen molar-refractivity contribution in [3.05, 3.63) is 30.9 Å². The highest BCUT2D eigenvalue weighted by Gasteiger charge is 2.28. The monoisotopic (exact) mass is 382 g/mol. The highest BCUT2D eigenvalue weighted by atomic mass is 16.5. The number of carbonyl (C=O) groups is 1. The third kappa shape index (κ3) is 3.58. The Bertz CT molecular complexity index is 976. The van der Waals surface area contributed by atoms with E-state index in [4.69, 9.17) is 9.72 Å². The maximum Gasteiger partial charge on any atom is 0.331 e.